The van der Waals surface area contributed by atoms with Crippen LogP contribution >= 0.6 is 0 Å². The number of carbonyl (C=O) groups is 2. The summed E-state index contributed by atoms with van der Waals surface area (Å²) in [7, 11) is 0. The number of amides is 1. The summed E-state index contributed by atoms with van der Waals surface area (Å²) in [5.41, 5.74) is -0.191. The van der Waals surface area contributed by atoms with E-state index < -0.39 is 11.5 Å². The standard InChI is InChI=1S/C15H17NO3/c17-12-7-9-15(8-6-11(12)13(15)18)14(19)16-10-4-2-1-3-5-10/h1-5,11-12,17H,6-9H2,(H,16,19). The fourth-order valence-corrected chi connectivity index (χ4v) is 3.33. The van der Waals surface area contributed by atoms with Crippen molar-refractivity contribution in [3.05, 3.63) is 30.3 Å². The van der Waals surface area contributed by atoms with Crippen LogP contribution in [0.5, 0.6) is 0 Å². The van der Waals surface area contributed by atoms with Gasteiger partial charge in [0.15, 0.2) is 5.78 Å². The summed E-state index contributed by atoms with van der Waals surface area (Å²) >= 11 is 0. The Bertz CT molecular complexity index is 513. The van der Waals surface area contributed by atoms with Crippen LogP contribution < -0.4 is 5.32 Å². The molecule has 2 N–H and O–H groups in total. The molecule has 100 valence electrons. The van der Waals surface area contributed by atoms with Gasteiger partial charge in [-0.2, -0.15) is 0 Å². The van der Waals surface area contributed by atoms with Gasteiger partial charge in [0, 0.05) is 11.6 Å². The number of Topliss-reactive ketones (excluding diaryl/α,β-unsaturated/α-hetero) is 1. The molecular weight excluding hydrogens is 242 g/mol. The number of rotatable bonds is 2. The number of nitrogens with one attached hydrogen (secondary N) is 1. The lowest BCUT2D eigenvalue weighted by atomic mass is 9.73. The Labute approximate surface area is 111 Å². The monoisotopic (exact) mass is 259 g/mol. The van der Waals surface area contributed by atoms with Gasteiger partial charge in [0.05, 0.1) is 6.10 Å². The van der Waals surface area contributed by atoms with Crippen LogP contribution in [0.2, 0.25) is 0 Å². The van der Waals surface area contributed by atoms with Crippen LogP contribution in [-0.4, -0.2) is 22.9 Å². The maximum atomic E-state index is 12.5. The Morgan fingerprint density at radius 3 is 2.63 bits per heavy atom. The predicted octanol–water partition coefficient (Wildman–Crippen LogP) is 1.75. The van der Waals surface area contributed by atoms with Crippen LogP contribution in [0.15, 0.2) is 30.3 Å². The normalized spacial score (nSPS) is 33.2. The molecule has 0 aliphatic heterocycles. The van der Waals surface area contributed by atoms with Crippen molar-refractivity contribution in [3.8, 4) is 0 Å². The number of aliphatic hydroxyl groups excluding tert-OH is 1. The van der Waals surface area contributed by atoms with E-state index in [1.807, 2.05) is 30.3 Å². The smallest absolute Gasteiger partial charge is 0.238 e. The minimum absolute atomic E-state index is 0.0697. The van der Waals surface area contributed by atoms with Crippen LogP contribution in [0.4, 0.5) is 5.69 Å². The van der Waals surface area contributed by atoms with E-state index in [0.29, 0.717) is 31.4 Å². The molecule has 3 unspecified atom stereocenters. The molecule has 2 aliphatic rings. The molecule has 0 saturated heterocycles. The first-order valence-electron chi connectivity index (χ1n) is 6.72. The van der Waals surface area contributed by atoms with Gasteiger partial charge in [0.25, 0.3) is 0 Å². The third kappa shape index (κ3) is 1.87. The number of fused-ring (bicyclic) bond motifs is 2. The van der Waals surface area contributed by atoms with Crippen molar-refractivity contribution in [1.82, 2.24) is 0 Å². The molecule has 2 saturated carbocycles. The molecule has 2 fully saturated rings. The fraction of sp³-hybridized carbons (Fsp3) is 0.467. The predicted molar refractivity (Wildman–Crippen MR) is 70.5 cm³/mol. The van der Waals surface area contributed by atoms with Gasteiger partial charge in [0.2, 0.25) is 5.91 Å². The van der Waals surface area contributed by atoms with E-state index in [2.05, 4.69) is 5.32 Å². The summed E-state index contributed by atoms with van der Waals surface area (Å²) in [5, 5.41) is 12.6. The maximum absolute atomic E-state index is 12.5. The summed E-state index contributed by atoms with van der Waals surface area (Å²) in [4.78, 5) is 24.8. The van der Waals surface area contributed by atoms with E-state index in [-0.39, 0.29) is 17.6 Å². The third-order valence-electron chi connectivity index (χ3n) is 4.49. The number of hydrogen-bond donors (Lipinski definition) is 2. The van der Waals surface area contributed by atoms with Crippen LogP contribution in [0.3, 0.4) is 0 Å². The quantitative estimate of drug-likeness (QED) is 0.795. The zero-order chi connectivity index (χ0) is 13.5. The van der Waals surface area contributed by atoms with Gasteiger partial charge in [-0.1, -0.05) is 18.2 Å². The maximum Gasteiger partial charge on any atom is 0.238 e. The Morgan fingerprint density at radius 1 is 1.21 bits per heavy atom. The molecule has 2 aliphatic carbocycles. The lowest BCUT2D eigenvalue weighted by Gasteiger charge is -2.32. The number of aliphatic hydroxyl groups is 1. The minimum atomic E-state index is -0.903. The number of ketones is 1. The van der Waals surface area contributed by atoms with Crippen molar-refractivity contribution >= 4 is 17.4 Å². The van der Waals surface area contributed by atoms with Gasteiger partial charge in [0.1, 0.15) is 5.41 Å². The minimum Gasteiger partial charge on any atom is -0.392 e. The summed E-state index contributed by atoms with van der Waals surface area (Å²) in [6.45, 7) is 0. The van der Waals surface area contributed by atoms with Crippen LogP contribution in [0, 0.1) is 11.3 Å². The molecule has 2 bridgehead atoms. The molecule has 3 atom stereocenters. The Kier molecular flexibility index (Phi) is 2.90. The lowest BCUT2D eigenvalue weighted by Crippen LogP contribution is -2.46. The topological polar surface area (TPSA) is 66.4 Å². The molecule has 4 nitrogen and oxygen atoms in total. The number of hydrogen-bond acceptors (Lipinski definition) is 3. The summed E-state index contributed by atoms with van der Waals surface area (Å²) < 4.78 is 0. The van der Waals surface area contributed by atoms with Crippen LogP contribution in [0.25, 0.3) is 0 Å². The van der Waals surface area contributed by atoms with Gasteiger partial charge in [-0.05, 0) is 37.8 Å². The van der Waals surface area contributed by atoms with Crippen molar-refractivity contribution in [2.75, 3.05) is 5.32 Å². The first kappa shape index (κ1) is 12.4. The highest BCUT2D eigenvalue weighted by Gasteiger charge is 2.57. The summed E-state index contributed by atoms with van der Waals surface area (Å²) in [6, 6.07) is 9.18. The number of anilines is 1. The average molecular weight is 259 g/mol. The Balaban J connectivity index is 1.82. The molecule has 1 aromatic carbocycles. The van der Waals surface area contributed by atoms with E-state index in [4.69, 9.17) is 0 Å². The molecule has 19 heavy (non-hydrogen) atoms. The number of para-hydroxylation sites is 1. The Morgan fingerprint density at radius 2 is 1.89 bits per heavy atom. The Hall–Kier alpha value is -1.68. The molecule has 1 aromatic rings. The van der Waals surface area contributed by atoms with Gasteiger partial charge < -0.3 is 10.4 Å². The molecule has 4 heteroatoms. The molecule has 0 aromatic heterocycles. The fourth-order valence-electron chi connectivity index (χ4n) is 3.33. The van der Waals surface area contributed by atoms with Crippen molar-refractivity contribution in [2.45, 2.75) is 31.8 Å². The van der Waals surface area contributed by atoms with Gasteiger partial charge >= 0.3 is 0 Å². The molecule has 3 rings (SSSR count). The van der Waals surface area contributed by atoms with Gasteiger partial charge in [-0.25, -0.2) is 0 Å². The summed E-state index contributed by atoms with van der Waals surface area (Å²) in [5.74, 6) is -0.618. The highest BCUT2D eigenvalue weighted by atomic mass is 16.3. The van der Waals surface area contributed by atoms with Crippen molar-refractivity contribution in [2.24, 2.45) is 11.3 Å². The third-order valence-corrected chi connectivity index (χ3v) is 4.49. The van der Waals surface area contributed by atoms with Crippen LogP contribution in [0.1, 0.15) is 25.7 Å². The average Bonchev–Trinajstić information content (AvgIpc) is 2.64. The molecule has 0 spiro atoms. The first-order valence-corrected chi connectivity index (χ1v) is 6.72. The second-order valence-corrected chi connectivity index (χ2v) is 5.52. The zero-order valence-corrected chi connectivity index (χ0v) is 10.6. The van der Waals surface area contributed by atoms with E-state index in [0.717, 1.165) is 0 Å². The highest BCUT2D eigenvalue weighted by molar-refractivity contribution is 6.13. The molecule has 1 amide bonds. The molecule has 0 heterocycles. The SMILES string of the molecule is O=C(Nc1ccccc1)C12CCC(O)C(CC1)C2=O. The number of benzene rings is 1. The van der Waals surface area contributed by atoms with E-state index in [1.165, 1.54) is 0 Å². The number of carbonyl (C=O) groups excluding carboxylic acids is 2. The van der Waals surface area contributed by atoms with E-state index in [1.54, 1.807) is 0 Å². The van der Waals surface area contributed by atoms with Crippen LogP contribution in [-0.2, 0) is 9.59 Å². The van der Waals surface area contributed by atoms with Crippen molar-refractivity contribution in [3.63, 3.8) is 0 Å². The second kappa shape index (κ2) is 4.46. The second-order valence-electron chi connectivity index (χ2n) is 5.52. The first-order chi connectivity index (χ1) is 9.13. The van der Waals surface area contributed by atoms with E-state index >= 15 is 0 Å². The lowest BCUT2D eigenvalue weighted by molar-refractivity contribution is -0.144. The largest absolute Gasteiger partial charge is 0.392 e. The molecular formula is C15H17NO3. The van der Waals surface area contributed by atoms with Gasteiger partial charge in [-0.3, -0.25) is 9.59 Å². The summed E-state index contributed by atoms with van der Waals surface area (Å²) in [6.07, 6.45) is 1.63. The van der Waals surface area contributed by atoms with E-state index in [9.17, 15) is 14.7 Å². The van der Waals surface area contributed by atoms with Crippen molar-refractivity contribution < 1.29 is 14.7 Å². The highest BCUT2D eigenvalue weighted by Crippen LogP contribution is 2.49. The van der Waals surface area contributed by atoms with Crippen molar-refractivity contribution in [1.29, 1.82) is 0 Å². The zero-order valence-electron chi connectivity index (χ0n) is 10.6. The molecule has 0 radical (unpaired) electrons. The van der Waals surface area contributed by atoms with Gasteiger partial charge in [-0.15, -0.1) is 0 Å².